The van der Waals surface area contributed by atoms with Crippen LogP contribution in [0.25, 0.3) is 11.5 Å². The molecule has 3 aromatic rings. The molecule has 0 bridgehead atoms. The summed E-state index contributed by atoms with van der Waals surface area (Å²) in [5.41, 5.74) is -1.18. The number of aromatic nitrogens is 2. The van der Waals surface area contributed by atoms with E-state index in [1.807, 2.05) is 5.32 Å². The Hall–Kier alpha value is -3.57. The van der Waals surface area contributed by atoms with Gasteiger partial charge in [-0.1, -0.05) is 5.16 Å². The lowest BCUT2D eigenvalue weighted by molar-refractivity contribution is -0.142. The molecule has 0 saturated carbocycles. The highest BCUT2D eigenvalue weighted by Gasteiger charge is 2.35. The molecule has 8 nitrogen and oxygen atoms in total. The SMILES string of the molecule is CCOc1cc(-c2ncco2)c(NC(=O)Nc2cc(C(F)(F)F)no2)cc1F. The van der Waals surface area contributed by atoms with Crippen molar-refractivity contribution < 1.29 is 36.0 Å². The van der Waals surface area contributed by atoms with Gasteiger partial charge in [0.15, 0.2) is 17.3 Å². The minimum Gasteiger partial charge on any atom is -0.491 e. The van der Waals surface area contributed by atoms with Gasteiger partial charge in [-0.15, -0.1) is 0 Å². The van der Waals surface area contributed by atoms with Crippen molar-refractivity contribution >= 4 is 17.6 Å². The lowest BCUT2D eigenvalue weighted by atomic mass is 10.1. The van der Waals surface area contributed by atoms with E-state index in [0.717, 1.165) is 6.07 Å². The first kappa shape index (κ1) is 19.2. The van der Waals surface area contributed by atoms with Crippen molar-refractivity contribution in [1.82, 2.24) is 10.1 Å². The average molecular weight is 400 g/mol. The summed E-state index contributed by atoms with van der Waals surface area (Å²) in [5.74, 6) is -1.35. The minimum absolute atomic E-state index is 0.0588. The number of alkyl halides is 3. The number of benzene rings is 1. The van der Waals surface area contributed by atoms with Gasteiger partial charge in [-0.2, -0.15) is 13.2 Å². The zero-order chi connectivity index (χ0) is 20.3. The lowest BCUT2D eigenvalue weighted by Gasteiger charge is -2.12. The molecule has 0 aliphatic heterocycles. The maximum Gasteiger partial charge on any atom is 0.436 e. The standard InChI is InChI=1S/C16H12F4N4O4/c1-2-26-11-5-8(14-21-3-4-27-14)10(6-9(11)17)22-15(25)23-13-7-12(24-28-13)16(18,19)20/h3-7H,2H2,1H3,(H2,22,23,25). The maximum atomic E-state index is 14.2. The smallest absolute Gasteiger partial charge is 0.436 e. The van der Waals surface area contributed by atoms with Crippen molar-refractivity contribution in [1.29, 1.82) is 0 Å². The van der Waals surface area contributed by atoms with Gasteiger partial charge in [0.05, 0.1) is 24.1 Å². The third-order valence-electron chi connectivity index (χ3n) is 3.32. The molecule has 0 fully saturated rings. The number of hydrogen-bond donors (Lipinski definition) is 2. The number of oxazole rings is 1. The van der Waals surface area contributed by atoms with Crippen LogP contribution >= 0.6 is 0 Å². The van der Waals surface area contributed by atoms with Gasteiger partial charge in [0.2, 0.25) is 11.8 Å². The van der Waals surface area contributed by atoms with Crippen LogP contribution in [0, 0.1) is 5.82 Å². The van der Waals surface area contributed by atoms with E-state index >= 15 is 0 Å². The number of ether oxygens (including phenoxy) is 1. The van der Waals surface area contributed by atoms with Crippen LogP contribution in [0.2, 0.25) is 0 Å². The first-order valence-corrected chi connectivity index (χ1v) is 7.76. The number of anilines is 2. The summed E-state index contributed by atoms with van der Waals surface area (Å²) >= 11 is 0. The molecule has 2 amide bonds. The molecular weight excluding hydrogens is 388 g/mol. The summed E-state index contributed by atoms with van der Waals surface area (Å²) in [6.45, 7) is 1.86. The zero-order valence-corrected chi connectivity index (χ0v) is 14.1. The third-order valence-corrected chi connectivity index (χ3v) is 3.32. The van der Waals surface area contributed by atoms with Gasteiger partial charge in [0, 0.05) is 12.1 Å². The van der Waals surface area contributed by atoms with E-state index in [2.05, 4.69) is 20.0 Å². The second-order valence-electron chi connectivity index (χ2n) is 5.25. The van der Waals surface area contributed by atoms with Crippen LogP contribution in [0.3, 0.4) is 0 Å². The summed E-state index contributed by atoms with van der Waals surface area (Å²) in [4.78, 5) is 16.0. The highest BCUT2D eigenvalue weighted by Crippen LogP contribution is 2.34. The van der Waals surface area contributed by atoms with Crippen molar-refractivity contribution in [3.8, 4) is 17.2 Å². The van der Waals surface area contributed by atoms with Gasteiger partial charge in [-0.3, -0.25) is 5.32 Å². The van der Waals surface area contributed by atoms with Gasteiger partial charge in [0.25, 0.3) is 0 Å². The third kappa shape index (κ3) is 4.22. The fourth-order valence-electron chi connectivity index (χ4n) is 2.19. The van der Waals surface area contributed by atoms with Crippen LogP contribution in [0.5, 0.6) is 5.75 Å². The molecule has 12 heteroatoms. The molecule has 0 aliphatic rings. The molecule has 28 heavy (non-hydrogen) atoms. The van der Waals surface area contributed by atoms with Gasteiger partial charge >= 0.3 is 12.2 Å². The van der Waals surface area contributed by atoms with Crippen LogP contribution < -0.4 is 15.4 Å². The summed E-state index contributed by atoms with van der Waals surface area (Å²) in [6, 6.07) is 1.75. The predicted octanol–water partition coefficient (Wildman–Crippen LogP) is 4.53. The molecule has 0 radical (unpaired) electrons. The Morgan fingerprint density at radius 3 is 2.64 bits per heavy atom. The Labute approximate surface area is 154 Å². The molecule has 0 unspecified atom stereocenters. The molecule has 2 aromatic heterocycles. The molecule has 0 aliphatic carbocycles. The average Bonchev–Trinajstić information content (AvgIpc) is 3.28. The van der Waals surface area contributed by atoms with Gasteiger partial charge in [-0.05, 0) is 13.0 Å². The van der Waals surface area contributed by atoms with Crippen molar-refractivity contribution in [3.05, 3.63) is 42.2 Å². The number of amides is 2. The first-order chi connectivity index (χ1) is 13.3. The first-order valence-electron chi connectivity index (χ1n) is 7.76. The van der Waals surface area contributed by atoms with Crippen molar-refractivity contribution in [3.63, 3.8) is 0 Å². The monoisotopic (exact) mass is 400 g/mol. The number of nitrogens with one attached hydrogen (secondary N) is 2. The van der Waals surface area contributed by atoms with Crippen molar-refractivity contribution in [2.24, 2.45) is 0 Å². The largest absolute Gasteiger partial charge is 0.491 e. The molecule has 0 atom stereocenters. The number of rotatable bonds is 5. The number of carbonyl (C=O) groups excluding carboxylic acids is 1. The van der Waals surface area contributed by atoms with E-state index in [-0.39, 0.29) is 29.5 Å². The zero-order valence-electron chi connectivity index (χ0n) is 14.1. The number of hydrogen-bond acceptors (Lipinski definition) is 6. The van der Waals surface area contributed by atoms with Crippen LogP contribution in [0.15, 0.2) is 39.6 Å². The Balaban J connectivity index is 1.83. The summed E-state index contributed by atoms with van der Waals surface area (Å²) < 4.78 is 66.5. The molecule has 3 rings (SSSR count). The predicted molar refractivity (Wildman–Crippen MR) is 87.2 cm³/mol. The Morgan fingerprint density at radius 2 is 2.04 bits per heavy atom. The Morgan fingerprint density at radius 1 is 1.25 bits per heavy atom. The molecule has 2 N–H and O–H groups in total. The topological polar surface area (TPSA) is 102 Å². The number of nitrogens with zero attached hydrogens (tertiary/aromatic N) is 2. The van der Waals surface area contributed by atoms with Gasteiger partial charge in [0.1, 0.15) is 6.26 Å². The van der Waals surface area contributed by atoms with Crippen molar-refractivity contribution in [2.45, 2.75) is 13.1 Å². The van der Waals surface area contributed by atoms with Gasteiger partial charge in [-0.25, -0.2) is 14.2 Å². The van der Waals surface area contributed by atoms with E-state index in [4.69, 9.17) is 9.15 Å². The van der Waals surface area contributed by atoms with Crippen LogP contribution in [-0.4, -0.2) is 22.8 Å². The highest BCUT2D eigenvalue weighted by atomic mass is 19.4. The number of halogens is 4. The summed E-state index contributed by atoms with van der Waals surface area (Å²) in [7, 11) is 0. The Kier molecular flexibility index (Phi) is 5.20. The minimum atomic E-state index is -4.73. The second-order valence-corrected chi connectivity index (χ2v) is 5.25. The number of urea groups is 1. The van der Waals surface area contributed by atoms with Crippen LogP contribution in [0.1, 0.15) is 12.6 Å². The maximum absolute atomic E-state index is 14.2. The highest BCUT2D eigenvalue weighted by molar-refractivity contribution is 6.01. The van der Waals surface area contributed by atoms with E-state index in [9.17, 15) is 22.4 Å². The lowest BCUT2D eigenvalue weighted by Crippen LogP contribution is -2.20. The summed E-state index contributed by atoms with van der Waals surface area (Å²) in [5, 5.41) is 7.13. The van der Waals surface area contributed by atoms with E-state index in [1.54, 1.807) is 6.92 Å². The summed E-state index contributed by atoms with van der Waals surface area (Å²) in [6.07, 6.45) is -2.11. The fraction of sp³-hybridized carbons (Fsp3) is 0.188. The normalized spacial score (nSPS) is 11.3. The van der Waals surface area contributed by atoms with E-state index in [1.165, 1.54) is 18.5 Å². The molecule has 0 spiro atoms. The van der Waals surface area contributed by atoms with E-state index in [0.29, 0.717) is 6.07 Å². The number of carbonyl (C=O) groups is 1. The molecular formula is C16H12F4N4O4. The quantitative estimate of drug-likeness (QED) is 0.610. The molecule has 148 valence electrons. The molecule has 0 saturated heterocycles. The van der Waals surface area contributed by atoms with Crippen molar-refractivity contribution in [2.75, 3.05) is 17.2 Å². The second kappa shape index (κ2) is 7.58. The fourth-order valence-corrected chi connectivity index (χ4v) is 2.19. The Bertz CT molecular complexity index is 970. The van der Waals surface area contributed by atoms with Gasteiger partial charge < -0.3 is 19.0 Å². The van der Waals surface area contributed by atoms with E-state index < -0.39 is 29.6 Å². The van der Waals surface area contributed by atoms with Crippen LogP contribution in [-0.2, 0) is 6.18 Å². The van der Waals surface area contributed by atoms with Crippen LogP contribution in [0.4, 0.5) is 33.9 Å². The molecule has 1 aromatic carbocycles. The molecule has 2 heterocycles.